The summed E-state index contributed by atoms with van der Waals surface area (Å²) in [6, 6.07) is 8.11. The number of thiophene rings is 1. The first-order valence-corrected chi connectivity index (χ1v) is 7.32. The number of Topliss-reactive ketones (excluding diaryl/α,β-unsaturated/α-hetero) is 1. The molecule has 5 nitrogen and oxygen atoms in total. The first-order valence-electron chi connectivity index (χ1n) is 6.51. The molecule has 21 heavy (non-hydrogen) atoms. The molecule has 1 aromatic carbocycles. The zero-order chi connectivity index (χ0) is 15.4. The Morgan fingerprint density at radius 2 is 2.00 bits per heavy atom. The lowest BCUT2D eigenvalue weighted by molar-refractivity contribution is -0.384. The van der Waals surface area contributed by atoms with Crippen LogP contribution in [0.1, 0.15) is 34.0 Å². The van der Waals surface area contributed by atoms with E-state index >= 15 is 0 Å². The lowest BCUT2D eigenvalue weighted by atomic mass is 10.1. The molecular formula is C15H15NO4S. The molecule has 110 valence electrons. The molecule has 0 aliphatic carbocycles. The van der Waals surface area contributed by atoms with Gasteiger partial charge in [0.25, 0.3) is 5.69 Å². The third-order valence-electron chi connectivity index (χ3n) is 2.99. The minimum absolute atomic E-state index is 0.114. The Balaban J connectivity index is 2.19. The molecule has 1 aromatic heterocycles. The van der Waals surface area contributed by atoms with E-state index in [0.717, 1.165) is 11.3 Å². The van der Waals surface area contributed by atoms with Gasteiger partial charge in [0.1, 0.15) is 12.4 Å². The quantitative estimate of drug-likeness (QED) is 0.459. The number of ketones is 1. The molecule has 0 spiro atoms. The second-order valence-corrected chi connectivity index (χ2v) is 5.76. The fraction of sp³-hybridized carbons (Fsp3) is 0.267. The van der Waals surface area contributed by atoms with Crippen molar-refractivity contribution in [3.63, 3.8) is 0 Å². The number of non-ortho nitro benzene ring substituents is 1. The minimum atomic E-state index is -0.525. The molecule has 0 aliphatic heterocycles. The number of hydrogen-bond acceptors (Lipinski definition) is 5. The van der Waals surface area contributed by atoms with Gasteiger partial charge in [0.15, 0.2) is 5.78 Å². The second kappa shape index (κ2) is 6.49. The Kier molecular flexibility index (Phi) is 4.70. The van der Waals surface area contributed by atoms with Gasteiger partial charge in [0, 0.05) is 21.9 Å². The zero-order valence-corrected chi connectivity index (χ0v) is 12.6. The molecule has 0 fully saturated rings. The van der Waals surface area contributed by atoms with Crippen LogP contribution in [0.3, 0.4) is 0 Å². The summed E-state index contributed by atoms with van der Waals surface area (Å²) in [6.07, 6.45) is 0.973. The maximum absolute atomic E-state index is 11.6. The SMILES string of the molecule is CCc1ccc(COc2ccc([N+](=O)[O-])cc2C(C)=O)s1. The van der Waals surface area contributed by atoms with Gasteiger partial charge < -0.3 is 4.74 Å². The molecule has 1 heterocycles. The van der Waals surface area contributed by atoms with Crippen molar-refractivity contribution >= 4 is 22.8 Å². The summed E-state index contributed by atoms with van der Waals surface area (Å²) < 4.78 is 5.64. The van der Waals surface area contributed by atoms with E-state index in [1.807, 2.05) is 12.1 Å². The smallest absolute Gasteiger partial charge is 0.270 e. The van der Waals surface area contributed by atoms with Crippen molar-refractivity contribution in [3.05, 3.63) is 55.8 Å². The van der Waals surface area contributed by atoms with Crippen LogP contribution in [0.4, 0.5) is 5.69 Å². The molecular weight excluding hydrogens is 290 g/mol. The van der Waals surface area contributed by atoms with Gasteiger partial charge >= 0.3 is 0 Å². The Bertz CT molecular complexity index is 678. The summed E-state index contributed by atoms with van der Waals surface area (Å²) in [7, 11) is 0. The van der Waals surface area contributed by atoms with Crippen molar-refractivity contribution in [2.75, 3.05) is 0 Å². The Morgan fingerprint density at radius 1 is 1.29 bits per heavy atom. The lowest BCUT2D eigenvalue weighted by Gasteiger charge is -2.08. The highest BCUT2D eigenvalue weighted by Gasteiger charge is 2.15. The van der Waals surface area contributed by atoms with Crippen LogP contribution in [-0.4, -0.2) is 10.7 Å². The van der Waals surface area contributed by atoms with Crippen LogP contribution in [0.5, 0.6) is 5.75 Å². The number of aryl methyl sites for hydroxylation is 1. The van der Waals surface area contributed by atoms with Gasteiger partial charge in [-0.3, -0.25) is 14.9 Å². The Labute approximate surface area is 126 Å². The molecule has 0 saturated carbocycles. The van der Waals surface area contributed by atoms with Crippen LogP contribution in [0.15, 0.2) is 30.3 Å². The largest absolute Gasteiger partial charge is 0.487 e. The lowest BCUT2D eigenvalue weighted by Crippen LogP contribution is -2.02. The maximum atomic E-state index is 11.6. The van der Waals surface area contributed by atoms with Crippen molar-refractivity contribution in [2.45, 2.75) is 26.9 Å². The van der Waals surface area contributed by atoms with E-state index in [9.17, 15) is 14.9 Å². The first-order chi connectivity index (χ1) is 10.0. The fourth-order valence-corrected chi connectivity index (χ4v) is 2.74. The number of nitrogens with zero attached hydrogens (tertiary/aromatic N) is 1. The third-order valence-corrected chi connectivity index (χ3v) is 4.19. The van der Waals surface area contributed by atoms with Gasteiger partial charge in [-0.25, -0.2) is 0 Å². The number of hydrogen-bond donors (Lipinski definition) is 0. The summed E-state index contributed by atoms with van der Waals surface area (Å²) >= 11 is 1.66. The molecule has 0 aliphatic rings. The predicted molar refractivity (Wildman–Crippen MR) is 81.1 cm³/mol. The molecule has 0 N–H and O–H groups in total. The van der Waals surface area contributed by atoms with Crippen LogP contribution in [-0.2, 0) is 13.0 Å². The monoisotopic (exact) mass is 305 g/mol. The van der Waals surface area contributed by atoms with Crippen molar-refractivity contribution in [1.29, 1.82) is 0 Å². The van der Waals surface area contributed by atoms with Gasteiger partial charge in [0.2, 0.25) is 0 Å². The molecule has 2 rings (SSSR count). The van der Waals surface area contributed by atoms with E-state index < -0.39 is 4.92 Å². The van der Waals surface area contributed by atoms with Gasteiger partial charge in [0.05, 0.1) is 10.5 Å². The molecule has 0 unspecified atom stereocenters. The highest BCUT2D eigenvalue weighted by atomic mass is 32.1. The maximum Gasteiger partial charge on any atom is 0.270 e. The molecule has 0 radical (unpaired) electrons. The van der Waals surface area contributed by atoms with E-state index in [1.54, 1.807) is 11.3 Å². The van der Waals surface area contributed by atoms with E-state index in [1.165, 1.54) is 30.0 Å². The molecule has 0 amide bonds. The van der Waals surface area contributed by atoms with E-state index in [-0.39, 0.29) is 17.0 Å². The highest BCUT2D eigenvalue weighted by molar-refractivity contribution is 7.11. The number of ether oxygens (including phenoxy) is 1. The van der Waals surface area contributed by atoms with Crippen molar-refractivity contribution in [2.24, 2.45) is 0 Å². The molecule has 0 saturated heterocycles. The van der Waals surface area contributed by atoms with Crippen molar-refractivity contribution < 1.29 is 14.5 Å². The zero-order valence-electron chi connectivity index (χ0n) is 11.8. The Hall–Kier alpha value is -2.21. The van der Waals surface area contributed by atoms with Gasteiger partial charge in [-0.1, -0.05) is 6.92 Å². The van der Waals surface area contributed by atoms with E-state index in [0.29, 0.717) is 12.4 Å². The van der Waals surface area contributed by atoms with Crippen molar-refractivity contribution in [3.8, 4) is 5.75 Å². The number of benzene rings is 1. The van der Waals surface area contributed by atoms with Crippen LogP contribution >= 0.6 is 11.3 Å². The minimum Gasteiger partial charge on any atom is -0.487 e. The topological polar surface area (TPSA) is 69.4 Å². The van der Waals surface area contributed by atoms with E-state index in [2.05, 4.69) is 6.92 Å². The number of carbonyl (C=O) groups is 1. The normalized spacial score (nSPS) is 10.4. The average Bonchev–Trinajstić information content (AvgIpc) is 2.92. The molecule has 6 heteroatoms. The predicted octanol–water partition coefficient (Wildman–Crippen LogP) is 4.00. The summed E-state index contributed by atoms with van der Waals surface area (Å²) in [5.74, 6) is 0.119. The number of carbonyl (C=O) groups excluding carboxylic acids is 1. The number of nitro benzene ring substituents is 1. The second-order valence-electron chi connectivity index (χ2n) is 4.50. The van der Waals surface area contributed by atoms with Gasteiger partial charge in [-0.05, 0) is 31.5 Å². The Morgan fingerprint density at radius 3 is 2.57 bits per heavy atom. The fourth-order valence-electron chi connectivity index (χ4n) is 1.87. The van der Waals surface area contributed by atoms with Crippen LogP contribution < -0.4 is 4.74 Å². The molecule has 2 aromatic rings. The van der Waals surface area contributed by atoms with E-state index in [4.69, 9.17) is 4.74 Å². The summed E-state index contributed by atoms with van der Waals surface area (Å²) in [6.45, 7) is 3.80. The summed E-state index contributed by atoms with van der Waals surface area (Å²) in [5, 5.41) is 10.8. The van der Waals surface area contributed by atoms with Crippen LogP contribution in [0, 0.1) is 10.1 Å². The molecule has 0 bridgehead atoms. The standard InChI is InChI=1S/C15H15NO4S/c1-3-12-5-6-13(21-12)9-20-15-7-4-11(16(18)19)8-14(15)10(2)17/h4-8H,3,9H2,1-2H3. The van der Waals surface area contributed by atoms with Gasteiger partial charge in [-0.15, -0.1) is 11.3 Å². The van der Waals surface area contributed by atoms with Gasteiger partial charge in [-0.2, -0.15) is 0 Å². The van der Waals surface area contributed by atoms with Crippen molar-refractivity contribution in [1.82, 2.24) is 0 Å². The summed E-state index contributed by atoms with van der Waals surface area (Å²) in [4.78, 5) is 24.2. The third kappa shape index (κ3) is 3.66. The van der Waals surface area contributed by atoms with Crippen LogP contribution in [0.25, 0.3) is 0 Å². The average molecular weight is 305 g/mol. The number of rotatable bonds is 6. The van der Waals surface area contributed by atoms with Crippen LogP contribution in [0.2, 0.25) is 0 Å². The summed E-state index contributed by atoms with van der Waals surface area (Å²) in [5.41, 5.74) is 0.119. The molecule has 0 atom stereocenters. The first kappa shape index (κ1) is 15.2. The number of nitro groups is 1. The highest BCUT2D eigenvalue weighted by Crippen LogP contribution is 2.26.